The van der Waals surface area contributed by atoms with Crippen molar-refractivity contribution in [2.45, 2.75) is 20.8 Å². The van der Waals surface area contributed by atoms with Gasteiger partial charge < -0.3 is 9.84 Å². The molecular weight excluding hydrogens is 360 g/mol. The van der Waals surface area contributed by atoms with Gasteiger partial charge in [0, 0.05) is 0 Å². The molecule has 7 heteroatoms. The molecule has 0 spiro atoms. The number of barbiturate groups is 1. The number of amides is 4. The molecular formula is C21H20N2O5. The highest BCUT2D eigenvalue weighted by Crippen LogP contribution is 2.29. The molecule has 0 bridgehead atoms. The molecule has 4 amide bonds. The van der Waals surface area contributed by atoms with Crippen LogP contribution < -0.4 is 15.0 Å². The molecule has 0 atom stereocenters. The fraction of sp³-hybridized carbons (Fsp3) is 0.190. The highest BCUT2D eigenvalue weighted by atomic mass is 16.5. The minimum Gasteiger partial charge on any atom is -0.504 e. The molecule has 1 heterocycles. The summed E-state index contributed by atoms with van der Waals surface area (Å²) >= 11 is 0. The summed E-state index contributed by atoms with van der Waals surface area (Å²) in [5.41, 5.74) is 2.32. The van der Waals surface area contributed by atoms with E-state index in [9.17, 15) is 19.5 Å². The van der Waals surface area contributed by atoms with Gasteiger partial charge in [-0.3, -0.25) is 14.9 Å². The molecule has 1 saturated heterocycles. The molecule has 1 aliphatic heterocycles. The summed E-state index contributed by atoms with van der Waals surface area (Å²) in [4.78, 5) is 38.6. The zero-order valence-electron chi connectivity index (χ0n) is 15.8. The van der Waals surface area contributed by atoms with E-state index in [1.54, 1.807) is 32.0 Å². The van der Waals surface area contributed by atoms with Crippen LogP contribution in [0.1, 0.15) is 23.6 Å². The smallest absolute Gasteiger partial charge is 0.335 e. The first kappa shape index (κ1) is 19.2. The first-order valence-electron chi connectivity index (χ1n) is 8.76. The van der Waals surface area contributed by atoms with Crippen LogP contribution in [0.15, 0.2) is 42.0 Å². The maximum Gasteiger partial charge on any atom is 0.335 e. The van der Waals surface area contributed by atoms with Gasteiger partial charge in [0.15, 0.2) is 11.5 Å². The number of nitrogens with zero attached hydrogens (tertiary/aromatic N) is 1. The average molecular weight is 380 g/mol. The van der Waals surface area contributed by atoms with Gasteiger partial charge in [-0.2, -0.15) is 0 Å². The van der Waals surface area contributed by atoms with E-state index in [-0.39, 0.29) is 17.1 Å². The van der Waals surface area contributed by atoms with Gasteiger partial charge in [-0.1, -0.05) is 18.2 Å². The molecule has 0 aliphatic carbocycles. The summed E-state index contributed by atoms with van der Waals surface area (Å²) in [5, 5.41) is 12.0. The Kier molecular flexibility index (Phi) is 5.17. The molecule has 1 aliphatic rings. The van der Waals surface area contributed by atoms with E-state index in [0.29, 0.717) is 17.9 Å². The van der Waals surface area contributed by atoms with E-state index in [0.717, 1.165) is 16.0 Å². The van der Waals surface area contributed by atoms with Crippen molar-refractivity contribution in [3.63, 3.8) is 0 Å². The summed E-state index contributed by atoms with van der Waals surface area (Å²) in [6.45, 7) is 5.75. The number of carbonyl (C=O) groups excluding carboxylic acids is 3. The predicted molar refractivity (Wildman–Crippen MR) is 104 cm³/mol. The zero-order valence-corrected chi connectivity index (χ0v) is 15.8. The lowest BCUT2D eigenvalue weighted by Crippen LogP contribution is -2.54. The number of ether oxygens (including phenoxy) is 1. The van der Waals surface area contributed by atoms with Crippen LogP contribution in [0.25, 0.3) is 6.08 Å². The van der Waals surface area contributed by atoms with E-state index < -0.39 is 17.8 Å². The Morgan fingerprint density at radius 1 is 1.11 bits per heavy atom. The van der Waals surface area contributed by atoms with Crippen LogP contribution in [-0.4, -0.2) is 29.6 Å². The van der Waals surface area contributed by atoms with Crippen LogP contribution in [-0.2, 0) is 9.59 Å². The summed E-state index contributed by atoms with van der Waals surface area (Å²) in [6.07, 6.45) is 1.37. The van der Waals surface area contributed by atoms with Crippen LogP contribution >= 0.6 is 0 Å². The van der Waals surface area contributed by atoms with Gasteiger partial charge in [-0.15, -0.1) is 0 Å². The number of phenols is 1. The SMILES string of the molecule is CCOc1cc(C=C2C(=O)NC(=O)N(c3cc(C)ccc3C)C2=O)ccc1O. The Labute approximate surface area is 162 Å². The van der Waals surface area contributed by atoms with E-state index in [1.807, 2.05) is 13.0 Å². The number of nitrogens with one attached hydrogen (secondary N) is 1. The van der Waals surface area contributed by atoms with Crippen molar-refractivity contribution >= 4 is 29.6 Å². The van der Waals surface area contributed by atoms with Crippen LogP contribution in [0.3, 0.4) is 0 Å². The molecule has 0 aromatic heterocycles. The molecule has 2 N–H and O–H groups in total. The quantitative estimate of drug-likeness (QED) is 0.628. The topological polar surface area (TPSA) is 95.9 Å². The number of hydrogen-bond donors (Lipinski definition) is 2. The second-order valence-electron chi connectivity index (χ2n) is 6.41. The number of aromatic hydroxyl groups is 1. The van der Waals surface area contributed by atoms with Crippen molar-refractivity contribution in [1.82, 2.24) is 5.32 Å². The predicted octanol–water partition coefficient (Wildman–Crippen LogP) is 3.07. The number of urea groups is 1. The van der Waals surface area contributed by atoms with Gasteiger partial charge in [0.05, 0.1) is 12.3 Å². The van der Waals surface area contributed by atoms with Crippen molar-refractivity contribution in [2.24, 2.45) is 0 Å². The van der Waals surface area contributed by atoms with E-state index in [2.05, 4.69) is 5.32 Å². The number of hydrogen-bond acceptors (Lipinski definition) is 5. The largest absolute Gasteiger partial charge is 0.504 e. The monoisotopic (exact) mass is 380 g/mol. The van der Waals surface area contributed by atoms with Crippen molar-refractivity contribution in [1.29, 1.82) is 0 Å². The van der Waals surface area contributed by atoms with Crippen molar-refractivity contribution in [2.75, 3.05) is 11.5 Å². The molecule has 2 aromatic carbocycles. The Hall–Kier alpha value is -3.61. The summed E-state index contributed by atoms with van der Waals surface area (Å²) < 4.78 is 5.33. The van der Waals surface area contributed by atoms with Crippen molar-refractivity contribution in [3.05, 3.63) is 58.7 Å². The highest BCUT2D eigenvalue weighted by molar-refractivity contribution is 6.39. The second-order valence-corrected chi connectivity index (χ2v) is 6.41. The first-order valence-corrected chi connectivity index (χ1v) is 8.76. The van der Waals surface area contributed by atoms with Gasteiger partial charge in [-0.25, -0.2) is 9.69 Å². The number of anilines is 1. The summed E-state index contributed by atoms with van der Waals surface area (Å²) in [5.74, 6) is -1.30. The molecule has 0 radical (unpaired) electrons. The van der Waals surface area contributed by atoms with Gasteiger partial charge in [0.1, 0.15) is 5.57 Å². The average Bonchev–Trinajstić information content (AvgIpc) is 2.64. The van der Waals surface area contributed by atoms with Crippen LogP contribution in [0.4, 0.5) is 10.5 Å². The third-order valence-electron chi connectivity index (χ3n) is 4.30. The maximum absolute atomic E-state index is 13.0. The number of imide groups is 2. The standard InChI is InChI=1S/C21H20N2O5/c1-4-28-18-11-14(7-8-17(18)24)10-15-19(25)22-21(27)23(20(15)26)16-9-12(2)5-6-13(16)3/h5-11,24H,4H2,1-3H3,(H,22,25,27). The Balaban J connectivity index is 2.04. The molecule has 3 rings (SSSR count). The third-order valence-corrected chi connectivity index (χ3v) is 4.30. The minimum atomic E-state index is -0.790. The van der Waals surface area contributed by atoms with E-state index in [1.165, 1.54) is 18.2 Å². The molecule has 7 nitrogen and oxygen atoms in total. The minimum absolute atomic E-state index is 0.0457. The molecule has 0 unspecified atom stereocenters. The summed E-state index contributed by atoms with van der Waals surface area (Å²) in [7, 11) is 0. The fourth-order valence-electron chi connectivity index (χ4n) is 2.89. The van der Waals surface area contributed by atoms with Crippen LogP contribution in [0, 0.1) is 13.8 Å². The molecule has 28 heavy (non-hydrogen) atoms. The van der Waals surface area contributed by atoms with Crippen LogP contribution in [0.2, 0.25) is 0 Å². The fourth-order valence-corrected chi connectivity index (χ4v) is 2.89. The van der Waals surface area contributed by atoms with E-state index in [4.69, 9.17) is 4.74 Å². The summed E-state index contributed by atoms with van der Waals surface area (Å²) in [6, 6.07) is 9.08. The molecule has 1 fully saturated rings. The van der Waals surface area contributed by atoms with Crippen LogP contribution in [0.5, 0.6) is 11.5 Å². The van der Waals surface area contributed by atoms with Gasteiger partial charge in [0.2, 0.25) is 0 Å². The first-order chi connectivity index (χ1) is 13.3. The van der Waals surface area contributed by atoms with Crippen molar-refractivity contribution < 1.29 is 24.2 Å². The normalized spacial score (nSPS) is 15.8. The number of phenolic OH excluding ortho intramolecular Hbond substituents is 1. The Morgan fingerprint density at radius 2 is 1.86 bits per heavy atom. The van der Waals surface area contributed by atoms with Gasteiger partial charge >= 0.3 is 6.03 Å². The zero-order chi connectivity index (χ0) is 20.4. The number of aryl methyl sites for hydroxylation is 2. The lowest BCUT2D eigenvalue weighted by atomic mass is 10.0. The maximum atomic E-state index is 13.0. The number of rotatable bonds is 4. The number of benzene rings is 2. The third kappa shape index (κ3) is 3.59. The van der Waals surface area contributed by atoms with E-state index >= 15 is 0 Å². The second kappa shape index (κ2) is 7.56. The molecule has 2 aromatic rings. The Morgan fingerprint density at radius 3 is 2.57 bits per heavy atom. The molecule has 144 valence electrons. The Bertz CT molecular complexity index is 1010. The van der Waals surface area contributed by atoms with Crippen molar-refractivity contribution in [3.8, 4) is 11.5 Å². The van der Waals surface area contributed by atoms with Gasteiger partial charge in [-0.05, 0) is 61.7 Å². The lowest BCUT2D eigenvalue weighted by Gasteiger charge is -2.27. The lowest BCUT2D eigenvalue weighted by molar-refractivity contribution is -0.122. The molecule has 0 saturated carbocycles. The van der Waals surface area contributed by atoms with Gasteiger partial charge in [0.25, 0.3) is 11.8 Å². The highest BCUT2D eigenvalue weighted by Gasteiger charge is 2.37. The number of carbonyl (C=O) groups is 3.